The van der Waals surface area contributed by atoms with E-state index in [1.54, 1.807) is 23.1 Å². The number of likely N-dealkylation sites (tertiary alicyclic amines) is 1. The number of hydrogen-bond donors (Lipinski definition) is 1. The number of rotatable bonds is 5. The van der Waals surface area contributed by atoms with Crippen molar-refractivity contribution in [2.24, 2.45) is 5.92 Å². The number of aromatic nitrogens is 4. The zero-order valence-electron chi connectivity index (χ0n) is 14.3. The van der Waals surface area contributed by atoms with Gasteiger partial charge < -0.3 is 10.1 Å². The normalized spacial score (nSPS) is 17.7. The predicted molar refractivity (Wildman–Crippen MR) is 96.2 cm³/mol. The van der Waals surface area contributed by atoms with Gasteiger partial charge in [-0.05, 0) is 47.4 Å². The van der Waals surface area contributed by atoms with Gasteiger partial charge in [-0.25, -0.2) is 14.5 Å². The fourth-order valence-electron chi connectivity index (χ4n) is 2.85. The van der Waals surface area contributed by atoms with Crippen LogP contribution < -0.4 is 5.32 Å². The highest BCUT2D eigenvalue weighted by atomic mass is 79.9. The van der Waals surface area contributed by atoms with Gasteiger partial charge in [-0.1, -0.05) is 5.21 Å². The van der Waals surface area contributed by atoms with Crippen molar-refractivity contribution in [3.05, 3.63) is 34.7 Å². The highest BCUT2D eigenvalue weighted by molar-refractivity contribution is 9.10. The highest BCUT2D eigenvalue weighted by Gasteiger charge is 2.26. The predicted octanol–water partition coefficient (Wildman–Crippen LogP) is 1.53. The smallest absolute Gasteiger partial charge is 0.360 e. The van der Waals surface area contributed by atoms with Crippen LogP contribution in [0.2, 0.25) is 0 Å². The van der Waals surface area contributed by atoms with Crippen molar-refractivity contribution in [1.29, 1.82) is 0 Å². The molecule has 1 aliphatic rings. The number of piperidine rings is 1. The van der Waals surface area contributed by atoms with Gasteiger partial charge in [-0.3, -0.25) is 9.69 Å². The molecule has 26 heavy (non-hydrogen) atoms. The third-order valence-electron chi connectivity index (χ3n) is 4.13. The fourth-order valence-corrected chi connectivity index (χ4v) is 3.08. The molecule has 1 amide bonds. The van der Waals surface area contributed by atoms with E-state index in [0.717, 1.165) is 23.9 Å². The van der Waals surface area contributed by atoms with E-state index in [1.165, 1.54) is 7.11 Å². The molecule has 2 aromatic heterocycles. The number of anilines is 1. The Balaban J connectivity index is 1.56. The molecule has 1 N–H and O–H groups in total. The van der Waals surface area contributed by atoms with Crippen LogP contribution in [0.5, 0.6) is 0 Å². The molecule has 9 nitrogen and oxygen atoms in total. The number of ether oxygens (including phenoxy) is 1. The second kappa shape index (κ2) is 8.37. The number of pyridine rings is 1. The summed E-state index contributed by atoms with van der Waals surface area (Å²) in [4.78, 5) is 30.2. The van der Waals surface area contributed by atoms with Crippen molar-refractivity contribution in [3.8, 4) is 0 Å². The van der Waals surface area contributed by atoms with Crippen LogP contribution in [0.1, 0.15) is 23.3 Å². The number of nitrogens with zero attached hydrogens (tertiary/aromatic N) is 5. The minimum atomic E-state index is -0.519. The molecule has 0 saturated carbocycles. The third kappa shape index (κ3) is 4.64. The van der Waals surface area contributed by atoms with Crippen molar-refractivity contribution < 1.29 is 14.3 Å². The molecule has 1 aliphatic heterocycles. The van der Waals surface area contributed by atoms with Crippen LogP contribution in [0.25, 0.3) is 0 Å². The lowest BCUT2D eigenvalue weighted by atomic mass is 9.97. The summed E-state index contributed by atoms with van der Waals surface area (Å²) < 4.78 is 7.05. The molecule has 0 spiro atoms. The van der Waals surface area contributed by atoms with E-state index in [0.29, 0.717) is 19.0 Å². The number of esters is 1. The van der Waals surface area contributed by atoms with E-state index in [4.69, 9.17) is 0 Å². The summed E-state index contributed by atoms with van der Waals surface area (Å²) in [5, 5.41) is 10.6. The van der Waals surface area contributed by atoms with Gasteiger partial charge in [-0.2, -0.15) is 0 Å². The summed E-state index contributed by atoms with van der Waals surface area (Å²) in [5.41, 5.74) is 0.167. The minimum absolute atomic E-state index is 0.0432. The number of carbonyl (C=O) groups is 2. The summed E-state index contributed by atoms with van der Waals surface area (Å²) in [6, 6.07) is 3.59. The number of carbonyl (C=O) groups excluding carboxylic acids is 2. The maximum atomic E-state index is 12.5. The topological polar surface area (TPSA) is 102 Å². The number of amides is 1. The van der Waals surface area contributed by atoms with Gasteiger partial charge in [-0.15, -0.1) is 5.10 Å². The van der Waals surface area contributed by atoms with Crippen LogP contribution in [0.15, 0.2) is 29.0 Å². The lowest BCUT2D eigenvalue weighted by Crippen LogP contribution is -2.41. The first-order valence-electron chi connectivity index (χ1n) is 8.18. The van der Waals surface area contributed by atoms with Crippen LogP contribution in [0.4, 0.5) is 5.82 Å². The number of hydrogen-bond acceptors (Lipinski definition) is 7. The van der Waals surface area contributed by atoms with Gasteiger partial charge in [0.2, 0.25) is 5.91 Å². The zero-order chi connectivity index (χ0) is 18.5. The van der Waals surface area contributed by atoms with Crippen molar-refractivity contribution >= 4 is 33.6 Å². The first kappa shape index (κ1) is 18.5. The zero-order valence-corrected chi connectivity index (χ0v) is 15.8. The van der Waals surface area contributed by atoms with Crippen LogP contribution >= 0.6 is 15.9 Å². The van der Waals surface area contributed by atoms with Crippen molar-refractivity contribution in [2.75, 3.05) is 25.5 Å². The SMILES string of the molecule is COC(=O)c1cn(CN2CCCC(C(=O)Nc3ccc(Br)cn3)C2)nn1. The molecule has 1 fully saturated rings. The maximum absolute atomic E-state index is 12.5. The van der Waals surface area contributed by atoms with E-state index in [9.17, 15) is 9.59 Å². The molecule has 0 aliphatic carbocycles. The molecular formula is C16H19BrN6O3. The molecule has 0 aromatic carbocycles. The quantitative estimate of drug-likeness (QED) is 0.728. The Hall–Kier alpha value is -2.33. The molecule has 138 valence electrons. The Kier molecular flexibility index (Phi) is 5.94. The molecule has 1 saturated heterocycles. The summed E-state index contributed by atoms with van der Waals surface area (Å²) in [5.74, 6) is -0.153. The van der Waals surface area contributed by atoms with E-state index < -0.39 is 5.97 Å². The van der Waals surface area contributed by atoms with Gasteiger partial charge in [0.25, 0.3) is 0 Å². The summed E-state index contributed by atoms with van der Waals surface area (Å²) in [7, 11) is 1.30. The van der Waals surface area contributed by atoms with Crippen LogP contribution in [0.3, 0.4) is 0 Å². The lowest BCUT2D eigenvalue weighted by molar-refractivity contribution is -0.121. The Morgan fingerprint density at radius 2 is 2.27 bits per heavy atom. The van der Waals surface area contributed by atoms with Crippen LogP contribution in [-0.2, 0) is 16.2 Å². The monoisotopic (exact) mass is 422 g/mol. The maximum Gasteiger partial charge on any atom is 0.360 e. The first-order valence-corrected chi connectivity index (χ1v) is 8.97. The average molecular weight is 423 g/mol. The van der Waals surface area contributed by atoms with E-state index in [2.05, 4.69) is 46.2 Å². The lowest BCUT2D eigenvalue weighted by Gasteiger charge is -2.31. The van der Waals surface area contributed by atoms with Crippen molar-refractivity contribution in [3.63, 3.8) is 0 Å². The minimum Gasteiger partial charge on any atom is -0.464 e. The number of nitrogens with one attached hydrogen (secondary N) is 1. The number of methoxy groups -OCH3 is 1. The highest BCUT2D eigenvalue weighted by Crippen LogP contribution is 2.19. The van der Waals surface area contributed by atoms with Crippen LogP contribution in [-0.4, -0.2) is 57.0 Å². The third-order valence-corrected chi connectivity index (χ3v) is 4.60. The van der Waals surface area contributed by atoms with Gasteiger partial charge >= 0.3 is 5.97 Å². The standard InChI is InChI=1S/C16H19BrN6O3/c1-26-16(25)13-9-23(21-20-13)10-22-6-2-3-11(8-22)15(24)19-14-5-4-12(17)7-18-14/h4-5,7,9,11H,2-3,6,8,10H2,1H3,(H,18,19,24). The first-order chi connectivity index (χ1) is 12.5. The summed E-state index contributed by atoms with van der Waals surface area (Å²) >= 11 is 3.32. The second-order valence-electron chi connectivity index (χ2n) is 6.04. The van der Waals surface area contributed by atoms with Gasteiger partial charge in [0.1, 0.15) is 5.82 Å². The second-order valence-corrected chi connectivity index (χ2v) is 6.96. The van der Waals surface area contributed by atoms with E-state index in [-0.39, 0.29) is 17.5 Å². The molecule has 0 bridgehead atoms. The Morgan fingerprint density at radius 1 is 1.42 bits per heavy atom. The Bertz CT molecular complexity index is 779. The summed E-state index contributed by atoms with van der Waals surface area (Å²) in [6.45, 7) is 1.92. The number of halogens is 1. The molecule has 1 atom stereocenters. The average Bonchev–Trinajstić information content (AvgIpc) is 3.11. The molecule has 2 aromatic rings. The fraction of sp³-hybridized carbons (Fsp3) is 0.438. The summed E-state index contributed by atoms with van der Waals surface area (Å²) in [6.07, 6.45) is 4.92. The van der Waals surface area contributed by atoms with Crippen molar-refractivity contribution in [1.82, 2.24) is 24.9 Å². The van der Waals surface area contributed by atoms with E-state index in [1.807, 2.05) is 6.07 Å². The molecule has 1 unspecified atom stereocenters. The largest absolute Gasteiger partial charge is 0.464 e. The molecule has 3 heterocycles. The Labute approximate surface area is 158 Å². The van der Waals surface area contributed by atoms with Gasteiger partial charge in [0, 0.05) is 17.2 Å². The van der Waals surface area contributed by atoms with E-state index >= 15 is 0 Å². The van der Waals surface area contributed by atoms with Crippen molar-refractivity contribution in [2.45, 2.75) is 19.5 Å². The van der Waals surface area contributed by atoms with Gasteiger partial charge in [0.05, 0.1) is 25.9 Å². The Morgan fingerprint density at radius 3 is 3.00 bits per heavy atom. The van der Waals surface area contributed by atoms with Crippen LogP contribution in [0, 0.1) is 5.92 Å². The molecule has 0 radical (unpaired) electrons. The van der Waals surface area contributed by atoms with Gasteiger partial charge in [0.15, 0.2) is 5.69 Å². The molecule has 3 rings (SSSR count). The molecular weight excluding hydrogens is 404 g/mol. The molecule has 10 heteroatoms.